The van der Waals surface area contributed by atoms with E-state index >= 15 is 0 Å². The van der Waals surface area contributed by atoms with Gasteiger partial charge in [-0.3, -0.25) is 9.48 Å². The average molecular weight is 254 g/mol. The van der Waals surface area contributed by atoms with Crippen molar-refractivity contribution in [2.24, 2.45) is 7.05 Å². The average Bonchev–Trinajstić information content (AvgIpc) is 2.93. The van der Waals surface area contributed by atoms with E-state index in [-0.39, 0.29) is 5.78 Å². The van der Waals surface area contributed by atoms with E-state index in [0.29, 0.717) is 11.5 Å². The van der Waals surface area contributed by atoms with Crippen LogP contribution in [0.3, 0.4) is 0 Å². The summed E-state index contributed by atoms with van der Waals surface area (Å²) in [5.41, 5.74) is 3.15. The first-order chi connectivity index (χ1) is 9.06. The van der Waals surface area contributed by atoms with Crippen LogP contribution < -0.4 is 0 Å². The van der Waals surface area contributed by atoms with Gasteiger partial charge in [-0.05, 0) is 31.5 Å². The highest BCUT2D eigenvalue weighted by molar-refractivity contribution is 6.08. The molecule has 0 spiro atoms. The number of aryl methyl sites for hydroxylation is 3. The standard InChI is InChI=1S/C15H14N2O2/c1-9-5-4-6-11-8-13(19-15(9)11)14(18)12-7-10(2)16-17(12)3/h4-8H,1-3H3. The van der Waals surface area contributed by atoms with Gasteiger partial charge in [-0.15, -0.1) is 0 Å². The summed E-state index contributed by atoms with van der Waals surface area (Å²) in [7, 11) is 1.76. The van der Waals surface area contributed by atoms with Crippen molar-refractivity contribution in [2.75, 3.05) is 0 Å². The maximum absolute atomic E-state index is 12.4. The maximum atomic E-state index is 12.4. The molecule has 0 saturated heterocycles. The number of benzene rings is 1. The van der Waals surface area contributed by atoms with Crippen molar-refractivity contribution >= 4 is 16.8 Å². The third-order valence-corrected chi connectivity index (χ3v) is 3.20. The van der Waals surface area contributed by atoms with Crippen LogP contribution in [0.4, 0.5) is 0 Å². The lowest BCUT2D eigenvalue weighted by atomic mass is 10.1. The fourth-order valence-electron chi connectivity index (χ4n) is 2.27. The molecule has 2 heterocycles. The molecule has 2 aromatic heterocycles. The smallest absolute Gasteiger partial charge is 0.246 e. The van der Waals surface area contributed by atoms with Crippen LogP contribution in [0.15, 0.2) is 34.7 Å². The number of hydrogen-bond acceptors (Lipinski definition) is 3. The summed E-state index contributed by atoms with van der Waals surface area (Å²) < 4.78 is 7.27. The topological polar surface area (TPSA) is 48.0 Å². The van der Waals surface area contributed by atoms with Crippen molar-refractivity contribution in [3.05, 3.63) is 53.0 Å². The molecule has 0 bridgehead atoms. The van der Waals surface area contributed by atoms with Gasteiger partial charge in [0.15, 0.2) is 5.76 Å². The lowest BCUT2D eigenvalue weighted by molar-refractivity contribution is 0.100. The SMILES string of the molecule is Cc1cc(C(=O)c2cc3cccc(C)c3o2)n(C)n1. The van der Waals surface area contributed by atoms with E-state index in [1.54, 1.807) is 23.9 Å². The predicted octanol–water partition coefficient (Wildman–Crippen LogP) is 3.01. The molecule has 1 aromatic carbocycles. The molecule has 0 atom stereocenters. The highest BCUT2D eigenvalue weighted by Crippen LogP contribution is 2.24. The van der Waals surface area contributed by atoms with E-state index in [9.17, 15) is 4.79 Å². The molecule has 96 valence electrons. The fourth-order valence-corrected chi connectivity index (χ4v) is 2.27. The molecule has 0 radical (unpaired) electrons. The zero-order valence-electron chi connectivity index (χ0n) is 11.1. The number of rotatable bonds is 2. The van der Waals surface area contributed by atoms with Gasteiger partial charge in [-0.2, -0.15) is 5.10 Å². The lowest BCUT2D eigenvalue weighted by Crippen LogP contribution is -2.07. The van der Waals surface area contributed by atoms with E-state index in [1.165, 1.54) is 0 Å². The first-order valence-electron chi connectivity index (χ1n) is 6.11. The molecular formula is C15H14N2O2. The Morgan fingerprint density at radius 3 is 2.68 bits per heavy atom. The number of carbonyl (C=O) groups excluding carboxylic acids is 1. The summed E-state index contributed by atoms with van der Waals surface area (Å²) in [6.07, 6.45) is 0. The van der Waals surface area contributed by atoms with E-state index in [2.05, 4.69) is 5.10 Å². The van der Waals surface area contributed by atoms with Gasteiger partial charge in [-0.25, -0.2) is 0 Å². The Labute approximate surface area is 110 Å². The monoisotopic (exact) mass is 254 g/mol. The van der Waals surface area contributed by atoms with Crippen LogP contribution in [0.25, 0.3) is 11.0 Å². The number of aromatic nitrogens is 2. The van der Waals surface area contributed by atoms with Gasteiger partial charge in [-0.1, -0.05) is 18.2 Å². The Bertz CT molecular complexity index is 781. The summed E-state index contributed by atoms with van der Waals surface area (Å²) in [4.78, 5) is 12.4. The first kappa shape index (κ1) is 11.7. The molecule has 0 unspecified atom stereocenters. The van der Waals surface area contributed by atoms with Crippen molar-refractivity contribution in [1.29, 1.82) is 0 Å². The summed E-state index contributed by atoms with van der Waals surface area (Å²) in [5.74, 6) is 0.214. The van der Waals surface area contributed by atoms with Crippen LogP contribution in [0.1, 0.15) is 27.5 Å². The summed E-state index contributed by atoms with van der Waals surface area (Å²) in [6, 6.07) is 9.41. The Morgan fingerprint density at radius 1 is 1.26 bits per heavy atom. The van der Waals surface area contributed by atoms with Crippen molar-refractivity contribution in [2.45, 2.75) is 13.8 Å². The predicted molar refractivity (Wildman–Crippen MR) is 72.3 cm³/mol. The fraction of sp³-hybridized carbons (Fsp3) is 0.200. The third-order valence-electron chi connectivity index (χ3n) is 3.20. The van der Waals surface area contributed by atoms with Crippen LogP contribution in [-0.4, -0.2) is 15.6 Å². The highest BCUT2D eigenvalue weighted by Gasteiger charge is 2.18. The number of carbonyl (C=O) groups is 1. The van der Waals surface area contributed by atoms with Crippen LogP contribution >= 0.6 is 0 Å². The highest BCUT2D eigenvalue weighted by atomic mass is 16.3. The van der Waals surface area contributed by atoms with Gasteiger partial charge in [0.05, 0.1) is 5.69 Å². The Morgan fingerprint density at radius 2 is 2.05 bits per heavy atom. The van der Waals surface area contributed by atoms with Crippen LogP contribution in [0.5, 0.6) is 0 Å². The molecule has 0 fully saturated rings. The van der Waals surface area contributed by atoms with Gasteiger partial charge >= 0.3 is 0 Å². The van der Waals surface area contributed by atoms with E-state index in [1.807, 2.05) is 32.0 Å². The second-order valence-corrected chi connectivity index (χ2v) is 4.73. The summed E-state index contributed by atoms with van der Waals surface area (Å²) in [6.45, 7) is 3.83. The van der Waals surface area contributed by atoms with Gasteiger partial charge < -0.3 is 4.42 Å². The Kier molecular flexibility index (Phi) is 2.52. The van der Waals surface area contributed by atoms with Gasteiger partial charge in [0, 0.05) is 12.4 Å². The molecule has 0 amide bonds. The second-order valence-electron chi connectivity index (χ2n) is 4.73. The van der Waals surface area contributed by atoms with Crippen LogP contribution in [-0.2, 0) is 7.05 Å². The minimum Gasteiger partial charge on any atom is -0.452 e. The number of hydrogen-bond donors (Lipinski definition) is 0. The number of para-hydroxylation sites is 1. The summed E-state index contributed by atoms with van der Waals surface area (Å²) in [5, 5.41) is 5.13. The van der Waals surface area contributed by atoms with Crippen LogP contribution in [0.2, 0.25) is 0 Å². The van der Waals surface area contributed by atoms with E-state index in [4.69, 9.17) is 4.42 Å². The normalized spacial score (nSPS) is 11.1. The minimum atomic E-state index is -0.140. The molecule has 0 aliphatic rings. The quantitative estimate of drug-likeness (QED) is 0.660. The molecule has 3 rings (SSSR count). The Hall–Kier alpha value is -2.36. The van der Waals surface area contributed by atoms with Crippen molar-refractivity contribution < 1.29 is 9.21 Å². The molecular weight excluding hydrogens is 240 g/mol. The maximum Gasteiger partial charge on any atom is 0.246 e. The molecule has 3 aromatic rings. The van der Waals surface area contributed by atoms with Crippen molar-refractivity contribution in [3.63, 3.8) is 0 Å². The minimum absolute atomic E-state index is 0.140. The first-order valence-corrected chi connectivity index (χ1v) is 6.11. The molecule has 4 heteroatoms. The Balaban J connectivity index is 2.12. The van der Waals surface area contributed by atoms with Crippen molar-refractivity contribution in [3.8, 4) is 0 Å². The molecule has 19 heavy (non-hydrogen) atoms. The molecule has 0 aliphatic heterocycles. The van der Waals surface area contributed by atoms with Gasteiger partial charge in [0.25, 0.3) is 0 Å². The third kappa shape index (κ3) is 1.85. The number of nitrogens with zero attached hydrogens (tertiary/aromatic N) is 2. The van der Waals surface area contributed by atoms with Crippen molar-refractivity contribution in [1.82, 2.24) is 9.78 Å². The lowest BCUT2D eigenvalue weighted by Gasteiger charge is -1.97. The van der Waals surface area contributed by atoms with E-state index in [0.717, 1.165) is 22.2 Å². The zero-order valence-corrected chi connectivity index (χ0v) is 11.1. The number of ketones is 1. The molecule has 0 saturated carbocycles. The van der Waals surface area contributed by atoms with E-state index < -0.39 is 0 Å². The summed E-state index contributed by atoms with van der Waals surface area (Å²) >= 11 is 0. The number of furan rings is 1. The van der Waals surface area contributed by atoms with Gasteiger partial charge in [0.2, 0.25) is 5.78 Å². The molecule has 4 nitrogen and oxygen atoms in total. The molecule has 0 aliphatic carbocycles. The second kappa shape index (κ2) is 4.09. The largest absolute Gasteiger partial charge is 0.452 e. The number of fused-ring (bicyclic) bond motifs is 1. The molecule has 0 N–H and O–H groups in total. The zero-order chi connectivity index (χ0) is 13.6. The van der Waals surface area contributed by atoms with Gasteiger partial charge in [0.1, 0.15) is 11.3 Å². The van der Waals surface area contributed by atoms with Crippen LogP contribution in [0, 0.1) is 13.8 Å².